The van der Waals surface area contributed by atoms with Crippen LogP contribution in [0.5, 0.6) is 5.75 Å². The third-order valence-corrected chi connectivity index (χ3v) is 5.23. The molecule has 5 heteroatoms. The van der Waals surface area contributed by atoms with E-state index >= 15 is 0 Å². The van der Waals surface area contributed by atoms with Gasteiger partial charge in [-0.3, -0.25) is 14.5 Å². The molecule has 29 heavy (non-hydrogen) atoms. The Labute approximate surface area is 170 Å². The second-order valence-corrected chi connectivity index (χ2v) is 7.14. The smallest absolute Gasteiger partial charge is 0.278 e. The predicted molar refractivity (Wildman–Crippen MR) is 114 cm³/mol. The van der Waals surface area contributed by atoms with E-state index in [4.69, 9.17) is 4.74 Å². The number of amides is 2. The van der Waals surface area contributed by atoms with Crippen molar-refractivity contribution in [2.75, 3.05) is 24.6 Å². The Hall–Kier alpha value is -3.34. The summed E-state index contributed by atoms with van der Waals surface area (Å²) in [5.41, 5.74) is 3.78. The normalized spacial score (nSPS) is 15.9. The summed E-state index contributed by atoms with van der Waals surface area (Å²) in [5, 5.41) is 0. The van der Waals surface area contributed by atoms with Crippen molar-refractivity contribution in [3.05, 3.63) is 78.0 Å². The van der Waals surface area contributed by atoms with Crippen LogP contribution >= 0.6 is 0 Å². The van der Waals surface area contributed by atoms with E-state index in [1.165, 1.54) is 10.5 Å². The number of fused-ring (bicyclic) bond motifs is 1. The van der Waals surface area contributed by atoms with Crippen molar-refractivity contribution in [1.29, 1.82) is 0 Å². The van der Waals surface area contributed by atoms with E-state index in [2.05, 4.69) is 19.6 Å². The second kappa shape index (κ2) is 7.95. The molecule has 0 fully saturated rings. The number of ether oxygens (including phenoxy) is 1. The maximum Gasteiger partial charge on any atom is 0.278 e. The molecule has 0 bridgehead atoms. The summed E-state index contributed by atoms with van der Waals surface area (Å²) >= 11 is 0. The lowest BCUT2D eigenvalue weighted by Crippen LogP contribution is -2.34. The lowest BCUT2D eigenvalue weighted by molar-refractivity contribution is -0.136. The first-order valence-corrected chi connectivity index (χ1v) is 9.95. The number of nitrogens with zero attached hydrogens (tertiary/aromatic N) is 2. The molecule has 2 aromatic rings. The Kier molecular flexibility index (Phi) is 5.21. The van der Waals surface area contributed by atoms with Gasteiger partial charge in [0.25, 0.3) is 11.8 Å². The van der Waals surface area contributed by atoms with E-state index in [1.807, 2.05) is 47.4 Å². The van der Waals surface area contributed by atoms with Gasteiger partial charge >= 0.3 is 0 Å². The van der Waals surface area contributed by atoms with Crippen molar-refractivity contribution in [2.45, 2.75) is 19.8 Å². The molecule has 2 aliphatic rings. The molecule has 0 saturated heterocycles. The Balaban J connectivity index is 1.79. The number of para-hydroxylation sites is 1. The molecule has 148 valence electrons. The lowest BCUT2D eigenvalue weighted by atomic mass is 10.0. The van der Waals surface area contributed by atoms with Crippen molar-refractivity contribution in [2.24, 2.45) is 0 Å². The maximum atomic E-state index is 13.2. The molecule has 0 saturated carbocycles. The Bertz CT molecular complexity index is 991. The van der Waals surface area contributed by atoms with E-state index in [-0.39, 0.29) is 18.4 Å². The van der Waals surface area contributed by atoms with Crippen LogP contribution in [0.2, 0.25) is 0 Å². The molecule has 4 rings (SSSR count). The van der Waals surface area contributed by atoms with E-state index in [1.54, 1.807) is 6.08 Å². The van der Waals surface area contributed by atoms with Gasteiger partial charge in [0, 0.05) is 18.8 Å². The fourth-order valence-electron chi connectivity index (χ4n) is 3.88. The summed E-state index contributed by atoms with van der Waals surface area (Å²) in [7, 11) is 0. The largest absolute Gasteiger partial charge is 0.494 e. The predicted octanol–water partition coefficient (Wildman–Crippen LogP) is 3.80. The van der Waals surface area contributed by atoms with Gasteiger partial charge in [0.2, 0.25) is 0 Å². The zero-order valence-electron chi connectivity index (χ0n) is 16.6. The zero-order valence-corrected chi connectivity index (χ0v) is 16.6. The summed E-state index contributed by atoms with van der Waals surface area (Å²) in [6, 6.07) is 15.4. The van der Waals surface area contributed by atoms with Crippen molar-refractivity contribution in [3.63, 3.8) is 0 Å². The topological polar surface area (TPSA) is 49.9 Å². The lowest BCUT2D eigenvalue weighted by Gasteiger charge is -2.21. The number of hydrogen-bond acceptors (Lipinski definition) is 4. The third-order valence-electron chi connectivity index (χ3n) is 5.23. The molecule has 2 amide bonds. The minimum absolute atomic E-state index is 0.192. The van der Waals surface area contributed by atoms with Crippen LogP contribution in [0.15, 0.2) is 66.9 Å². The molecule has 0 N–H and O–H groups in total. The molecule has 0 aromatic heterocycles. The van der Waals surface area contributed by atoms with Crippen LogP contribution in [0.1, 0.15) is 24.5 Å². The zero-order chi connectivity index (χ0) is 20.4. The standard InChI is InChI=1S/C24H24N2O3/c1-3-14-26-23(27)21(18-9-11-19(12-10-18)29-16-4-2)22(24(26)28)25-15-13-17-7-5-6-8-20(17)25/h3,5-12H,1,4,13-16H2,2H3. The first-order valence-electron chi connectivity index (χ1n) is 9.95. The SMILES string of the molecule is C=CCN1C(=O)C(c2ccc(OCCC)cc2)=C(N2CCc3ccccc32)C1=O. The molecule has 0 spiro atoms. The van der Waals surface area contributed by atoms with E-state index < -0.39 is 0 Å². The summed E-state index contributed by atoms with van der Waals surface area (Å²) in [6.07, 6.45) is 3.35. The number of imide groups is 1. The van der Waals surface area contributed by atoms with Gasteiger partial charge in [0.15, 0.2) is 0 Å². The molecule has 2 aromatic carbocycles. The van der Waals surface area contributed by atoms with Gasteiger partial charge in [0.1, 0.15) is 11.4 Å². The highest BCUT2D eigenvalue weighted by molar-refractivity contribution is 6.36. The number of carbonyl (C=O) groups excluding carboxylic acids is 2. The monoisotopic (exact) mass is 388 g/mol. The van der Waals surface area contributed by atoms with Gasteiger partial charge in [-0.15, -0.1) is 6.58 Å². The molecule has 5 nitrogen and oxygen atoms in total. The highest BCUT2D eigenvalue weighted by atomic mass is 16.5. The fourth-order valence-corrected chi connectivity index (χ4v) is 3.88. The minimum Gasteiger partial charge on any atom is -0.494 e. The van der Waals surface area contributed by atoms with Gasteiger partial charge in [0.05, 0.1) is 12.2 Å². The van der Waals surface area contributed by atoms with Crippen molar-refractivity contribution in [3.8, 4) is 5.75 Å². The van der Waals surface area contributed by atoms with Crippen LogP contribution in [0.25, 0.3) is 5.57 Å². The highest BCUT2D eigenvalue weighted by Gasteiger charge is 2.42. The second-order valence-electron chi connectivity index (χ2n) is 7.14. The quantitative estimate of drug-likeness (QED) is 0.535. The fraction of sp³-hybridized carbons (Fsp3) is 0.250. The van der Waals surface area contributed by atoms with E-state index in [9.17, 15) is 9.59 Å². The number of hydrogen-bond donors (Lipinski definition) is 0. The van der Waals surface area contributed by atoms with Crippen LogP contribution in [-0.4, -0.2) is 36.4 Å². The number of anilines is 1. The average molecular weight is 388 g/mol. The summed E-state index contributed by atoms with van der Waals surface area (Å²) < 4.78 is 5.65. The van der Waals surface area contributed by atoms with Crippen LogP contribution in [0.4, 0.5) is 5.69 Å². The highest BCUT2D eigenvalue weighted by Crippen LogP contribution is 2.38. The van der Waals surface area contributed by atoms with E-state index in [0.717, 1.165) is 29.8 Å². The van der Waals surface area contributed by atoms with Crippen LogP contribution in [-0.2, 0) is 16.0 Å². The number of benzene rings is 2. The summed E-state index contributed by atoms with van der Waals surface area (Å²) in [6.45, 7) is 7.26. The molecule has 0 aliphatic carbocycles. The summed E-state index contributed by atoms with van der Waals surface area (Å²) in [5.74, 6) is 0.202. The summed E-state index contributed by atoms with van der Waals surface area (Å²) in [4.78, 5) is 29.7. The molecular formula is C24H24N2O3. The van der Waals surface area contributed by atoms with Gasteiger partial charge in [-0.05, 0) is 42.2 Å². The van der Waals surface area contributed by atoms with Crippen molar-refractivity contribution >= 4 is 23.1 Å². The van der Waals surface area contributed by atoms with E-state index in [0.29, 0.717) is 24.4 Å². The third kappa shape index (κ3) is 3.33. The van der Waals surface area contributed by atoms with Crippen LogP contribution in [0.3, 0.4) is 0 Å². The molecule has 0 unspecified atom stereocenters. The number of carbonyl (C=O) groups is 2. The number of rotatable bonds is 7. The molecule has 0 radical (unpaired) electrons. The molecule has 0 atom stereocenters. The maximum absolute atomic E-state index is 13.2. The van der Waals surface area contributed by atoms with Gasteiger partial charge in [-0.2, -0.15) is 0 Å². The Morgan fingerprint density at radius 2 is 1.83 bits per heavy atom. The average Bonchev–Trinajstić information content (AvgIpc) is 3.27. The molecule has 2 aliphatic heterocycles. The van der Waals surface area contributed by atoms with Crippen molar-refractivity contribution < 1.29 is 14.3 Å². The van der Waals surface area contributed by atoms with Crippen molar-refractivity contribution in [1.82, 2.24) is 4.90 Å². The minimum atomic E-state index is -0.281. The first kappa shape index (κ1) is 19.0. The van der Waals surface area contributed by atoms with Gasteiger partial charge < -0.3 is 9.64 Å². The molecule has 2 heterocycles. The molecular weight excluding hydrogens is 364 g/mol. The Morgan fingerprint density at radius 3 is 2.55 bits per heavy atom. The van der Waals surface area contributed by atoms with Gasteiger partial charge in [-0.1, -0.05) is 43.3 Å². The van der Waals surface area contributed by atoms with Crippen LogP contribution < -0.4 is 9.64 Å². The van der Waals surface area contributed by atoms with Gasteiger partial charge in [-0.25, -0.2) is 0 Å². The first-order chi connectivity index (χ1) is 14.2. The van der Waals surface area contributed by atoms with Crippen LogP contribution in [0, 0.1) is 0 Å². The Morgan fingerprint density at radius 1 is 1.07 bits per heavy atom.